The molecule has 1 fully saturated rings. The van der Waals surface area contributed by atoms with Crippen molar-refractivity contribution in [1.29, 1.82) is 0 Å². The predicted octanol–water partition coefficient (Wildman–Crippen LogP) is 1.63. The number of nitrogen functional groups attached to an aromatic ring is 1. The zero-order valence-electron chi connectivity index (χ0n) is 10.9. The molecule has 6 heteroatoms. The van der Waals surface area contributed by atoms with Crippen molar-refractivity contribution in [3.63, 3.8) is 0 Å². The van der Waals surface area contributed by atoms with Crippen molar-refractivity contribution in [3.05, 3.63) is 11.5 Å². The van der Waals surface area contributed by atoms with E-state index in [4.69, 9.17) is 17.3 Å². The van der Waals surface area contributed by atoms with Gasteiger partial charge in [0.25, 0.3) is 0 Å². The molecule has 0 bridgehead atoms. The Morgan fingerprint density at radius 1 is 1.56 bits per heavy atom. The number of hydrogen-bond donors (Lipinski definition) is 1. The predicted molar refractivity (Wildman–Crippen MR) is 75.0 cm³/mol. The molecular weight excluding hydrogens is 250 g/mol. The smallest absolute Gasteiger partial charge is 0.157 e. The van der Waals surface area contributed by atoms with Gasteiger partial charge in [-0.1, -0.05) is 18.5 Å². The summed E-state index contributed by atoms with van der Waals surface area (Å²) in [4.78, 5) is 12.7. The van der Waals surface area contributed by atoms with Gasteiger partial charge in [0.1, 0.15) is 12.0 Å². The highest BCUT2D eigenvalue weighted by Gasteiger charge is 2.25. The Kier molecular flexibility index (Phi) is 4.24. The average Bonchev–Trinajstić information content (AvgIpc) is 2.79. The van der Waals surface area contributed by atoms with Crippen LogP contribution in [0.15, 0.2) is 6.33 Å². The van der Waals surface area contributed by atoms with Crippen molar-refractivity contribution in [3.8, 4) is 0 Å². The molecule has 0 saturated carbocycles. The van der Waals surface area contributed by atoms with Gasteiger partial charge < -0.3 is 10.6 Å². The molecular formula is C12H20ClN5. The zero-order valence-corrected chi connectivity index (χ0v) is 11.7. The lowest BCUT2D eigenvalue weighted by molar-refractivity contribution is 0.270. The van der Waals surface area contributed by atoms with Crippen molar-refractivity contribution >= 4 is 23.1 Å². The number of likely N-dealkylation sites (N-methyl/N-ethyl adjacent to an activating group) is 2. The van der Waals surface area contributed by atoms with Crippen LogP contribution < -0.4 is 10.6 Å². The number of aromatic nitrogens is 2. The van der Waals surface area contributed by atoms with Crippen LogP contribution in [-0.4, -0.2) is 47.6 Å². The van der Waals surface area contributed by atoms with Crippen LogP contribution in [0.1, 0.15) is 19.8 Å². The van der Waals surface area contributed by atoms with Gasteiger partial charge in [-0.2, -0.15) is 0 Å². The van der Waals surface area contributed by atoms with E-state index in [9.17, 15) is 0 Å². The molecule has 1 saturated heterocycles. The fourth-order valence-corrected chi connectivity index (χ4v) is 2.72. The first-order valence-corrected chi connectivity index (χ1v) is 6.72. The lowest BCUT2D eigenvalue weighted by atomic mass is 10.2. The lowest BCUT2D eigenvalue weighted by Gasteiger charge is -2.28. The molecule has 1 aliphatic rings. The number of anilines is 2. The van der Waals surface area contributed by atoms with Gasteiger partial charge >= 0.3 is 0 Å². The van der Waals surface area contributed by atoms with E-state index in [2.05, 4.69) is 26.7 Å². The van der Waals surface area contributed by atoms with Crippen molar-refractivity contribution in [2.45, 2.75) is 25.8 Å². The highest BCUT2D eigenvalue weighted by molar-refractivity contribution is 6.32. The van der Waals surface area contributed by atoms with Crippen LogP contribution in [0.4, 0.5) is 11.5 Å². The van der Waals surface area contributed by atoms with Gasteiger partial charge in [0.05, 0.1) is 0 Å². The second kappa shape index (κ2) is 5.71. The first-order chi connectivity index (χ1) is 8.63. The Bertz CT molecular complexity index is 411. The van der Waals surface area contributed by atoms with Crippen molar-refractivity contribution < 1.29 is 0 Å². The van der Waals surface area contributed by atoms with Gasteiger partial charge in [0.15, 0.2) is 11.0 Å². The molecule has 5 nitrogen and oxygen atoms in total. The van der Waals surface area contributed by atoms with Crippen LogP contribution in [-0.2, 0) is 0 Å². The Labute approximate surface area is 113 Å². The highest BCUT2D eigenvalue weighted by Crippen LogP contribution is 2.26. The molecule has 1 aliphatic heterocycles. The van der Waals surface area contributed by atoms with Crippen molar-refractivity contribution in [2.75, 3.05) is 37.3 Å². The average molecular weight is 270 g/mol. The fourth-order valence-electron chi connectivity index (χ4n) is 2.59. The Morgan fingerprint density at radius 3 is 3.06 bits per heavy atom. The maximum absolute atomic E-state index is 5.92. The van der Waals surface area contributed by atoms with E-state index in [0.717, 1.165) is 18.9 Å². The van der Waals surface area contributed by atoms with E-state index < -0.39 is 0 Å². The summed E-state index contributed by atoms with van der Waals surface area (Å²) in [5, 5.41) is 0.325. The normalized spacial score (nSPS) is 20.3. The van der Waals surface area contributed by atoms with E-state index in [1.54, 1.807) is 0 Å². The fraction of sp³-hybridized carbons (Fsp3) is 0.667. The second-order valence-electron chi connectivity index (χ2n) is 4.71. The van der Waals surface area contributed by atoms with E-state index in [1.165, 1.54) is 25.7 Å². The van der Waals surface area contributed by atoms with Crippen LogP contribution in [0, 0.1) is 0 Å². The maximum atomic E-state index is 5.92. The molecule has 100 valence electrons. The lowest BCUT2D eigenvalue weighted by Crippen LogP contribution is -2.39. The molecule has 0 spiro atoms. The Balaban J connectivity index is 2.07. The molecule has 2 heterocycles. The largest absolute Gasteiger partial charge is 0.393 e. The zero-order chi connectivity index (χ0) is 13.1. The first-order valence-electron chi connectivity index (χ1n) is 6.34. The summed E-state index contributed by atoms with van der Waals surface area (Å²) in [6.07, 6.45) is 3.96. The Hall–Kier alpha value is -1.07. The van der Waals surface area contributed by atoms with Gasteiger partial charge in [-0.3, -0.25) is 4.90 Å². The van der Waals surface area contributed by atoms with Crippen LogP contribution in [0.25, 0.3) is 0 Å². The van der Waals surface area contributed by atoms with Gasteiger partial charge in [0.2, 0.25) is 0 Å². The minimum Gasteiger partial charge on any atom is -0.393 e. The topological polar surface area (TPSA) is 58.3 Å². The molecule has 0 aliphatic carbocycles. The van der Waals surface area contributed by atoms with Crippen LogP contribution >= 0.6 is 11.6 Å². The summed E-state index contributed by atoms with van der Waals surface area (Å²) in [7, 11) is 2.00. The summed E-state index contributed by atoms with van der Waals surface area (Å²) in [5.74, 6) is 0.720. The number of rotatable bonds is 4. The van der Waals surface area contributed by atoms with Gasteiger partial charge in [0, 0.05) is 19.6 Å². The van der Waals surface area contributed by atoms with Gasteiger partial charge in [-0.15, -0.1) is 0 Å². The molecule has 0 radical (unpaired) electrons. The summed E-state index contributed by atoms with van der Waals surface area (Å²) >= 11 is 5.92. The third-order valence-corrected chi connectivity index (χ3v) is 3.87. The second-order valence-corrected chi connectivity index (χ2v) is 5.06. The molecule has 1 atom stereocenters. The Morgan fingerprint density at radius 2 is 2.33 bits per heavy atom. The molecule has 18 heavy (non-hydrogen) atoms. The van der Waals surface area contributed by atoms with Crippen LogP contribution in [0.2, 0.25) is 5.15 Å². The van der Waals surface area contributed by atoms with E-state index in [0.29, 0.717) is 16.9 Å². The van der Waals surface area contributed by atoms with Crippen LogP contribution in [0.3, 0.4) is 0 Å². The standard InChI is InChI=1S/C12H20ClN5/c1-3-18-6-4-5-9(18)7-17(2)12-10(14)11(13)15-8-16-12/h8-9H,3-7,14H2,1-2H3. The van der Waals surface area contributed by atoms with Gasteiger partial charge in [-0.25, -0.2) is 9.97 Å². The first kappa shape index (κ1) is 13.4. The van der Waals surface area contributed by atoms with Crippen molar-refractivity contribution in [1.82, 2.24) is 14.9 Å². The molecule has 1 aromatic heterocycles. The minimum atomic E-state index is 0.325. The monoisotopic (exact) mass is 269 g/mol. The third-order valence-electron chi connectivity index (χ3n) is 3.57. The quantitative estimate of drug-likeness (QED) is 0.842. The number of halogens is 1. The number of nitrogens with zero attached hydrogens (tertiary/aromatic N) is 4. The molecule has 2 rings (SSSR count). The third kappa shape index (κ3) is 2.67. The molecule has 2 N–H and O–H groups in total. The molecule has 1 aromatic rings. The number of hydrogen-bond acceptors (Lipinski definition) is 5. The summed E-state index contributed by atoms with van der Waals surface area (Å²) < 4.78 is 0. The van der Waals surface area contributed by atoms with E-state index >= 15 is 0 Å². The highest BCUT2D eigenvalue weighted by atomic mass is 35.5. The number of nitrogens with two attached hydrogens (primary N) is 1. The van der Waals surface area contributed by atoms with E-state index in [1.807, 2.05) is 7.05 Å². The summed E-state index contributed by atoms with van der Waals surface area (Å²) in [6.45, 7) is 5.41. The minimum absolute atomic E-state index is 0.325. The van der Waals surface area contributed by atoms with Gasteiger partial charge in [-0.05, 0) is 25.9 Å². The summed E-state index contributed by atoms with van der Waals surface area (Å²) in [6, 6.07) is 0.577. The molecule has 0 aromatic carbocycles. The maximum Gasteiger partial charge on any atom is 0.157 e. The van der Waals surface area contributed by atoms with Crippen molar-refractivity contribution in [2.24, 2.45) is 0 Å². The molecule has 0 amide bonds. The molecule has 1 unspecified atom stereocenters. The van der Waals surface area contributed by atoms with E-state index in [-0.39, 0.29) is 0 Å². The van der Waals surface area contributed by atoms with Crippen LogP contribution in [0.5, 0.6) is 0 Å². The SMILES string of the molecule is CCN1CCCC1CN(C)c1ncnc(Cl)c1N. The summed E-state index contributed by atoms with van der Waals surface area (Å²) in [5.41, 5.74) is 6.37. The number of likely N-dealkylation sites (tertiary alicyclic amines) is 1.